The van der Waals surface area contributed by atoms with Gasteiger partial charge in [-0.3, -0.25) is 4.90 Å². The van der Waals surface area contributed by atoms with Crippen molar-refractivity contribution in [1.29, 1.82) is 0 Å². The fourth-order valence-corrected chi connectivity index (χ4v) is 5.75. The van der Waals surface area contributed by atoms with E-state index in [1.165, 1.54) is 32.1 Å². The first-order valence-corrected chi connectivity index (χ1v) is 12.3. The van der Waals surface area contributed by atoms with Crippen LogP contribution in [0.2, 0.25) is 0 Å². The van der Waals surface area contributed by atoms with E-state index in [0.29, 0.717) is 11.8 Å². The Morgan fingerprint density at radius 3 is 2.45 bits per heavy atom. The average molecular weight is 465 g/mol. The largest absolute Gasteiger partial charge is 0.482 e. The normalized spacial score (nSPS) is 14.9. The molecule has 1 atom stereocenters. The molecule has 1 unspecified atom stereocenters. The van der Waals surface area contributed by atoms with Crippen LogP contribution in [0.25, 0.3) is 10.4 Å². The van der Waals surface area contributed by atoms with E-state index in [4.69, 9.17) is 9.84 Å². The van der Waals surface area contributed by atoms with E-state index < -0.39 is 5.97 Å². The zero-order valence-electron chi connectivity index (χ0n) is 19.6. The molecule has 1 aromatic heterocycles. The Kier molecular flexibility index (Phi) is 7.36. The second-order valence-electron chi connectivity index (χ2n) is 8.72. The van der Waals surface area contributed by atoms with Gasteiger partial charge in [0.05, 0.1) is 0 Å². The van der Waals surface area contributed by atoms with Gasteiger partial charge < -0.3 is 14.7 Å². The lowest BCUT2D eigenvalue weighted by atomic mass is 10.0. The summed E-state index contributed by atoms with van der Waals surface area (Å²) in [4.78, 5) is 18.3. The van der Waals surface area contributed by atoms with Crippen molar-refractivity contribution in [2.75, 3.05) is 38.7 Å². The number of aliphatic carboxylic acids is 1. The van der Waals surface area contributed by atoms with Gasteiger partial charge >= 0.3 is 5.97 Å². The quantitative estimate of drug-likeness (QED) is 0.477. The van der Waals surface area contributed by atoms with E-state index in [2.05, 4.69) is 73.3 Å². The first-order chi connectivity index (χ1) is 15.9. The van der Waals surface area contributed by atoms with Crippen molar-refractivity contribution >= 4 is 23.0 Å². The van der Waals surface area contributed by atoms with E-state index in [9.17, 15) is 4.79 Å². The smallest absolute Gasteiger partial charge is 0.341 e. The number of thiophene rings is 1. The summed E-state index contributed by atoms with van der Waals surface area (Å²) in [6.07, 6.45) is 3.01. The SMILES string of the molecule is CCC(c1ccc(-c2ccc(N(C)C)cc2)s1)N1CCc2ccc(OCC(=O)O)cc2CC1. The molecule has 1 aliphatic heterocycles. The third-order valence-electron chi connectivity index (χ3n) is 6.33. The molecule has 2 heterocycles. The molecule has 2 aromatic carbocycles. The zero-order chi connectivity index (χ0) is 23.4. The summed E-state index contributed by atoms with van der Waals surface area (Å²) in [7, 11) is 4.13. The molecule has 0 radical (unpaired) electrons. The van der Waals surface area contributed by atoms with Crippen molar-refractivity contribution in [3.63, 3.8) is 0 Å². The number of carboxylic acids is 1. The van der Waals surface area contributed by atoms with Gasteiger partial charge in [-0.15, -0.1) is 11.3 Å². The van der Waals surface area contributed by atoms with Gasteiger partial charge in [0.25, 0.3) is 0 Å². The first-order valence-electron chi connectivity index (χ1n) is 11.5. The lowest BCUT2D eigenvalue weighted by molar-refractivity contribution is -0.139. The number of nitrogens with zero attached hydrogens (tertiary/aromatic N) is 2. The van der Waals surface area contributed by atoms with E-state index in [1.807, 2.05) is 23.5 Å². The lowest BCUT2D eigenvalue weighted by Crippen LogP contribution is -2.30. The van der Waals surface area contributed by atoms with Crippen LogP contribution in [-0.2, 0) is 17.6 Å². The highest BCUT2D eigenvalue weighted by Crippen LogP contribution is 2.37. The predicted octanol–water partition coefficient (Wildman–Crippen LogP) is 5.50. The van der Waals surface area contributed by atoms with Gasteiger partial charge in [0.15, 0.2) is 6.61 Å². The van der Waals surface area contributed by atoms with Crippen molar-refractivity contribution in [2.45, 2.75) is 32.2 Å². The topological polar surface area (TPSA) is 53.0 Å². The van der Waals surface area contributed by atoms with Crippen LogP contribution in [0.4, 0.5) is 5.69 Å². The summed E-state index contributed by atoms with van der Waals surface area (Å²) in [5, 5.41) is 8.87. The molecule has 6 heteroatoms. The fraction of sp³-hybridized carbons (Fsp3) is 0.370. The van der Waals surface area contributed by atoms with Gasteiger partial charge in [-0.05, 0) is 72.4 Å². The number of fused-ring (bicyclic) bond motifs is 1. The van der Waals surface area contributed by atoms with Crippen molar-refractivity contribution < 1.29 is 14.6 Å². The molecule has 0 saturated carbocycles. The Hall–Kier alpha value is -2.83. The number of carboxylic acid groups (broad SMARTS) is 1. The highest BCUT2D eigenvalue weighted by molar-refractivity contribution is 7.15. The van der Waals surface area contributed by atoms with Gasteiger partial charge in [0.1, 0.15) is 5.75 Å². The standard InChI is InChI=1S/C27H32N2O3S/c1-4-24(26-12-11-25(33-26)20-5-8-22(9-6-20)28(2)3)29-15-13-19-7-10-23(32-18-27(30)31)17-21(19)14-16-29/h5-12,17,24H,4,13-16,18H2,1-3H3,(H,30,31). The molecular formula is C27H32N2O3S. The second-order valence-corrected chi connectivity index (χ2v) is 9.83. The first kappa shape index (κ1) is 23.3. The monoisotopic (exact) mass is 464 g/mol. The van der Waals surface area contributed by atoms with Crippen LogP contribution < -0.4 is 9.64 Å². The van der Waals surface area contributed by atoms with E-state index in [-0.39, 0.29) is 6.61 Å². The third-order valence-corrected chi connectivity index (χ3v) is 7.56. The molecule has 4 rings (SSSR count). The maximum absolute atomic E-state index is 10.8. The molecule has 0 aliphatic carbocycles. The molecule has 0 bridgehead atoms. The van der Waals surface area contributed by atoms with Crippen LogP contribution in [0, 0.1) is 0 Å². The van der Waals surface area contributed by atoms with Crippen LogP contribution in [0.1, 0.15) is 35.4 Å². The van der Waals surface area contributed by atoms with Crippen molar-refractivity contribution in [3.05, 3.63) is 70.6 Å². The van der Waals surface area contributed by atoms with Gasteiger partial charge in [-0.2, -0.15) is 0 Å². The minimum Gasteiger partial charge on any atom is -0.482 e. The predicted molar refractivity (Wildman–Crippen MR) is 136 cm³/mol. The van der Waals surface area contributed by atoms with Gasteiger partial charge in [0.2, 0.25) is 0 Å². The zero-order valence-corrected chi connectivity index (χ0v) is 20.4. The molecule has 0 fully saturated rings. The number of ether oxygens (including phenoxy) is 1. The third kappa shape index (κ3) is 5.57. The Bertz CT molecular complexity index is 1090. The van der Waals surface area contributed by atoms with E-state index in [0.717, 1.165) is 32.4 Å². The minimum absolute atomic E-state index is 0.304. The molecule has 0 spiro atoms. The van der Waals surface area contributed by atoms with Gasteiger partial charge in [-0.25, -0.2) is 4.79 Å². The van der Waals surface area contributed by atoms with E-state index >= 15 is 0 Å². The summed E-state index contributed by atoms with van der Waals surface area (Å²) < 4.78 is 5.39. The second kappa shape index (κ2) is 10.4. The Morgan fingerprint density at radius 1 is 1.06 bits per heavy atom. The van der Waals surface area contributed by atoms with Crippen LogP contribution in [0.15, 0.2) is 54.6 Å². The molecule has 3 aromatic rings. The molecular weight excluding hydrogens is 432 g/mol. The Labute approximate surface area is 200 Å². The number of carbonyl (C=O) groups is 1. The lowest BCUT2D eigenvalue weighted by Gasteiger charge is -2.29. The number of rotatable bonds is 8. The van der Waals surface area contributed by atoms with Crippen molar-refractivity contribution in [2.24, 2.45) is 0 Å². The van der Waals surface area contributed by atoms with Crippen LogP contribution in [-0.4, -0.2) is 49.8 Å². The Balaban J connectivity index is 1.46. The minimum atomic E-state index is -0.953. The number of hydrogen-bond acceptors (Lipinski definition) is 5. The summed E-state index contributed by atoms with van der Waals surface area (Å²) >= 11 is 1.90. The summed E-state index contributed by atoms with van der Waals surface area (Å²) in [5.74, 6) is -0.314. The van der Waals surface area contributed by atoms with Crippen molar-refractivity contribution in [3.8, 4) is 16.2 Å². The highest BCUT2D eigenvalue weighted by Gasteiger charge is 2.23. The molecule has 174 valence electrons. The molecule has 0 saturated heterocycles. The molecule has 1 aliphatic rings. The van der Waals surface area contributed by atoms with Crippen LogP contribution in [0.3, 0.4) is 0 Å². The molecule has 5 nitrogen and oxygen atoms in total. The van der Waals surface area contributed by atoms with Crippen molar-refractivity contribution in [1.82, 2.24) is 4.90 Å². The van der Waals surface area contributed by atoms with E-state index in [1.54, 1.807) is 0 Å². The van der Waals surface area contributed by atoms with Crippen LogP contribution in [0.5, 0.6) is 5.75 Å². The maximum Gasteiger partial charge on any atom is 0.341 e. The number of hydrogen-bond donors (Lipinski definition) is 1. The number of benzene rings is 2. The highest BCUT2D eigenvalue weighted by atomic mass is 32.1. The summed E-state index contributed by atoms with van der Waals surface area (Å²) in [6, 6.07) is 19.7. The average Bonchev–Trinajstić information content (AvgIpc) is 3.20. The number of anilines is 1. The van der Waals surface area contributed by atoms with Gasteiger partial charge in [0, 0.05) is 48.7 Å². The molecule has 33 heavy (non-hydrogen) atoms. The summed E-state index contributed by atoms with van der Waals surface area (Å²) in [5.41, 5.74) is 5.08. The van der Waals surface area contributed by atoms with Gasteiger partial charge in [-0.1, -0.05) is 25.1 Å². The fourth-order valence-electron chi connectivity index (χ4n) is 4.52. The molecule has 1 N–H and O–H groups in total. The van der Waals surface area contributed by atoms with Crippen LogP contribution >= 0.6 is 11.3 Å². The Morgan fingerprint density at radius 2 is 1.79 bits per heavy atom. The molecule has 0 amide bonds. The summed E-state index contributed by atoms with van der Waals surface area (Å²) in [6.45, 7) is 3.97. The maximum atomic E-state index is 10.8.